The van der Waals surface area contributed by atoms with Gasteiger partial charge in [-0.15, -0.1) is 0 Å². The lowest BCUT2D eigenvalue weighted by Crippen LogP contribution is -2.35. The fraction of sp³-hybridized carbons (Fsp3) is 0.304. The maximum atomic E-state index is 12.6. The van der Waals surface area contributed by atoms with Crippen molar-refractivity contribution in [2.24, 2.45) is 0 Å². The van der Waals surface area contributed by atoms with Crippen molar-refractivity contribution in [2.75, 3.05) is 13.7 Å². The molecular weight excluding hydrogens is 386 g/mol. The van der Waals surface area contributed by atoms with Gasteiger partial charge in [-0.25, -0.2) is 4.98 Å². The molecule has 1 aliphatic rings. The van der Waals surface area contributed by atoms with Crippen LogP contribution in [0.3, 0.4) is 0 Å². The number of rotatable bonds is 4. The van der Waals surface area contributed by atoms with Gasteiger partial charge in [-0.1, -0.05) is 17.7 Å². The molecule has 0 saturated carbocycles. The van der Waals surface area contributed by atoms with Gasteiger partial charge in [0, 0.05) is 35.8 Å². The third-order valence-electron chi connectivity index (χ3n) is 5.52. The Bertz CT molecular complexity index is 1110. The number of hydrogen-bond donors (Lipinski definition) is 1. The Labute approximate surface area is 175 Å². The Balaban J connectivity index is 1.60. The average molecular weight is 410 g/mol. The summed E-state index contributed by atoms with van der Waals surface area (Å²) in [6.45, 7) is 6.48. The minimum Gasteiger partial charge on any atom is -0.496 e. The van der Waals surface area contributed by atoms with Crippen LogP contribution in [0.5, 0.6) is 5.75 Å². The first-order chi connectivity index (χ1) is 13.9. The SMILES string of the molecule is COc1cc(C)c(CN2CCc3c(nc(-c4ccc(Cl)cc4)[nH]c3=O)C2)cc1C. The highest BCUT2D eigenvalue weighted by Crippen LogP contribution is 2.26. The van der Waals surface area contributed by atoms with Crippen LogP contribution in [0.4, 0.5) is 0 Å². The van der Waals surface area contributed by atoms with E-state index in [-0.39, 0.29) is 5.56 Å². The summed E-state index contributed by atoms with van der Waals surface area (Å²) >= 11 is 5.98. The first-order valence-corrected chi connectivity index (χ1v) is 10.1. The van der Waals surface area contributed by atoms with Gasteiger partial charge in [-0.2, -0.15) is 0 Å². The molecule has 3 aromatic rings. The molecule has 150 valence electrons. The van der Waals surface area contributed by atoms with Gasteiger partial charge in [0.2, 0.25) is 0 Å². The van der Waals surface area contributed by atoms with Crippen molar-refractivity contribution in [3.05, 3.63) is 79.7 Å². The van der Waals surface area contributed by atoms with E-state index in [1.54, 1.807) is 19.2 Å². The fourth-order valence-corrected chi connectivity index (χ4v) is 3.98. The van der Waals surface area contributed by atoms with Gasteiger partial charge in [-0.3, -0.25) is 9.69 Å². The summed E-state index contributed by atoms with van der Waals surface area (Å²) in [5.41, 5.74) is 6.07. The number of fused-ring (bicyclic) bond motifs is 1. The molecule has 0 aliphatic carbocycles. The highest BCUT2D eigenvalue weighted by molar-refractivity contribution is 6.30. The van der Waals surface area contributed by atoms with E-state index in [0.717, 1.165) is 41.2 Å². The zero-order valence-corrected chi connectivity index (χ0v) is 17.6. The highest BCUT2D eigenvalue weighted by atomic mass is 35.5. The van der Waals surface area contributed by atoms with E-state index in [4.69, 9.17) is 21.3 Å². The minimum atomic E-state index is -0.0453. The normalized spacial score (nSPS) is 13.9. The van der Waals surface area contributed by atoms with Crippen LogP contribution in [0.2, 0.25) is 5.02 Å². The molecule has 0 amide bonds. The predicted octanol–water partition coefficient (Wildman–Crippen LogP) is 4.27. The number of aryl methyl sites for hydroxylation is 2. The largest absolute Gasteiger partial charge is 0.496 e. The summed E-state index contributed by atoms with van der Waals surface area (Å²) in [4.78, 5) is 22.6. The van der Waals surface area contributed by atoms with Crippen molar-refractivity contribution >= 4 is 11.6 Å². The van der Waals surface area contributed by atoms with E-state index in [1.807, 2.05) is 12.1 Å². The zero-order valence-electron chi connectivity index (χ0n) is 16.9. The number of nitrogens with zero attached hydrogens (tertiary/aromatic N) is 2. The van der Waals surface area contributed by atoms with E-state index in [2.05, 4.69) is 35.9 Å². The molecule has 1 N–H and O–H groups in total. The van der Waals surface area contributed by atoms with Crippen molar-refractivity contribution in [2.45, 2.75) is 33.4 Å². The van der Waals surface area contributed by atoms with Gasteiger partial charge in [0.25, 0.3) is 5.56 Å². The predicted molar refractivity (Wildman–Crippen MR) is 116 cm³/mol. The van der Waals surface area contributed by atoms with Crippen molar-refractivity contribution in [3.63, 3.8) is 0 Å². The number of aromatic amines is 1. The summed E-state index contributed by atoms with van der Waals surface area (Å²) in [6, 6.07) is 11.6. The molecular formula is C23H24ClN3O2. The maximum Gasteiger partial charge on any atom is 0.254 e. The molecule has 0 atom stereocenters. The number of H-pyrrole nitrogens is 1. The third kappa shape index (κ3) is 4.07. The second-order valence-corrected chi connectivity index (χ2v) is 7.99. The van der Waals surface area contributed by atoms with Crippen LogP contribution in [0.1, 0.15) is 27.9 Å². The molecule has 1 aromatic heterocycles. The van der Waals surface area contributed by atoms with Gasteiger partial charge >= 0.3 is 0 Å². The van der Waals surface area contributed by atoms with E-state index in [1.165, 1.54) is 11.1 Å². The van der Waals surface area contributed by atoms with Gasteiger partial charge in [0.1, 0.15) is 11.6 Å². The molecule has 5 nitrogen and oxygen atoms in total. The Morgan fingerprint density at radius 1 is 1.17 bits per heavy atom. The molecule has 29 heavy (non-hydrogen) atoms. The fourth-order valence-electron chi connectivity index (χ4n) is 3.85. The smallest absolute Gasteiger partial charge is 0.254 e. The number of nitrogens with one attached hydrogen (secondary N) is 1. The molecule has 0 bridgehead atoms. The first-order valence-electron chi connectivity index (χ1n) is 9.69. The van der Waals surface area contributed by atoms with Crippen LogP contribution >= 0.6 is 11.6 Å². The van der Waals surface area contributed by atoms with Crippen LogP contribution in [-0.2, 0) is 19.5 Å². The monoisotopic (exact) mass is 409 g/mol. The second-order valence-electron chi connectivity index (χ2n) is 7.56. The van der Waals surface area contributed by atoms with Crippen molar-refractivity contribution < 1.29 is 4.74 Å². The number of methoxy groups -OCH3 is 1. The molecule has 1 aliphatic heterocycles. The van der Waals surface area contributed by atoms with Gasteiger partial charge < -0.3 is 9.72 Å². The Kier molecular flexibility index (Phi) is 5.43. The molecule has 0 spiro atoms. The molecule has 0 fully saturated rings. The standard InChI is InChI=1S/C23H24ClN3O2/c1-14-11-21(29-3)15(2)10-17(14)12-27-9-8-19-20(13-27)25-22(26-23(19)28)16-4-6-18(24)7-5-16/h4-7,10-11H,8-9,12-13H2,1-3H3,(H,25,26,28). The topological polar surface area (TPSA) is 58.2 Å². The summed E-state index contributed by atoms with van der Waals surface area (Å²) in [5, 5.41) is 0.658. The highest BCUT2D eigenvalue weighted by Gasteiger charge is 2.22. The van der Waals surface area contributed by atoms with Gasteiger partial charge in [0.15, 0.2) is 0 Å². The van der Waals surface area contributed by atoms with Crippen LogP contribution in [0.25, 0.3) is 11.4 Å². The molecule has 6 heteroatoms. The summed E-state index contributed by atoms with van der Waals surface area (Å²) in [7, 11) is 1.70. The summed E-state index contributed by atoms with van der Waals surface area (Å²) in [5.74, 6) is 1.50. The summed E-state index contributed by atoms with van der Waals surface area (Å²) < 4.78 is 5.42. The lowest BCUT2D eigenvalue weighted by atomic mass is 10.0. The van der Waals surface area contributed by atoms with Crippen LogP contribution in [0, 0.1) is 13.8 Å². The van der Waals surface area contributed by atoms with E-state index in [9.17, 15) is 4.79 Å². The maximum absolute atomic E-state index is 12.6. The number of aromatic nitrogens is 2. The Morgan fingerprint density at radius 2 is 1.93 bits per heavy atom. The molecule has 0 saturated heterocycles. The average Bonchev–Trinajstić information content (AvgIpc) is 2.70. The number of hydrogen-bond acceptors (Lipinski definition) is 4. The van der Waals surface area contributed by atoms with E-state index in [0.29, 0.717) is 23.8 Å². The number of halogens is 1. The molecule has 4 rings (SSSR count). The van der Waals surface area contributed by atoms with Crippen molar-refractivity contribution in [1.82, 2.24) is 14.9 Å². The van der Waals surface area contributed by atoms with E-state index >= 15 is 0 Å². The lowest BCUT2D eigenvalue weighted by Gasteiger charge is -2.28. The first kappa shape index (κ1) is 19.7. The van der Waals surface area contributed by atoms with Crippen molar-refractivity contribution in [1.29, 1.82) is 0 Å². The number of benzene rings is 2. The van der Waals surface area contributed by atoms with Gasteiger partial charge in [0.05, 0.1) is 12.8 Å². The molecule has 2 aromatic carbocycles. The summed E-state index contributed by atoms with van der Waals surface area (Å²) in [6.07, 6.45) is 0.701. The van der Waals surface area contributed by atoms with Gasteiger partial charge in [-0.05, 0) is 67.3 Å². The van der Waals surface area contributed by atoms with Crippen LogP contribution in [0.15, 0.2) is 41.2 Å². The van der Waals surface area contributed by atoms with Crippen molar-refractivity contribution in [3.8, 4) is 17.1 Å². The van der Waals surface area contributed by atoms with Crippen LogP contribution in [-0.4, -0.2) is 28.5 Å². The zero-order chi connectivity index (χ0) is 20.5. The third-order valence-corrected chi connectivity index (χ3v) is 5.77. The van der Waals surface area contributed by atoms with Crippen LogP contribution < -0.4 is 10.3 Å². The molecule has 0 unspecified atom stereocenters. The molecule has 0 radical (unpaired) electrons. The van der Waals surface area contributed by atoms with E-state index < -0.39 is 0 Å². The lowest BCUT2D eigenvalue weighted by molar-refractivity contribution is 0.240. The number of ether oxygens (including phenoxy) is 1. The molecule has 2 heterocycles. The Morgan fingerprint density at radius 3 is 2.66 bits per heavy atom. The Hall–Kier alpha value is -2.63. The second kappa shape index (κ2) is 8.01. The minimum absolute atomic E-state index is 0.0453. The quantitative estimate of drug-likeness (QED) is 0.699.